The van der Waals surface area contributed by atoms with E-state index in [1.807, 2.05) is 42.8 Å². The molecule has 176 valence electrons. The Kier molecular flexibility index (Phi) is 5.78. The van der Waals surface area contributed by atoms with Gasteiger partial charge < -0.3 is 13.9 Å². The zero-order valence-electron chi connectivity index (χ0n) is 19.4. The quantitative estimate of drug-likeness (QED) is 0.298. The number of amides is 2. The topological polar surface area (TPSA) is 90.2 Å². The molecular formula is C27H23N3O5. The van der Waals surface area contributed by atoms with E-state index in [4.69, 9.17) is 9.47 Å². The number of carbonyl (C=O) groups is 3. The van der Waals surface area contributed by atoms with Crippen molar-refractivity contribution in [3.63, 3.8) is 0 Å². The van der Waals surface area contributed by atoms with Gasteiger partial charge in [0.1, 0.15) is 23.6 Å². The van der Waals surface area contributed by atoms with Gasteiger partial charge in [-0.2, -0.15) is 0 Å². The lowest BCUT2D eigenvalue weighted by Crippen LogP contribution is -2.29. The number of imidazole rings is 1. The predicted octanol–water partition coefficient (Wildman–Crippen LogP) is 4.19. The number of nitrogens with zero attached hydrogens (tertiary/aromatic N) is 3. The van der Waals surface area contributed by atoms with Gasteiger partial charge in [-0.15, -0.1) is 0 Å². The van der Waals surface area contributed by atoms with Gasteiger partial charge in [-0.25, -0.2) is 9.78 Å². The first kappa shape index (κ1) is 22.3. The lowest BCUT2D eigenvalue weighted by molar-refractivity contribution is 0.0463. The molecule has 1 aliphatic heterocycles. The van der Waals surface area contributed by atoms with Crippen LogP contribution in [0.15, 0.2) is 67.0 Å². The van der Waals surface area contributed by atoms with Crippen LogP contribution in [0, 0.1) is 6.92 Å². The summed E-state index contributed by atoms with van der Waals surface area (Å²) >= 11 is 0. The highest BCUT2D eigenvalue weighted by Gasteiger charge is 2.35. The van der Waals surface area contributed by atoms with Crippen LogP contribution in [-0.2, 0) is 17.9 Å². The van der Waals surface area contributed by atoms with Crippen molar-refractivity contribution in [2.24, 2.45) is 0 Å². The highest BCUT2D eigenvalue weighted by molar-refractivity contribution is 6.21. The number of ether oxygens (including phenoxy) is 2. The predicted molar refractivity (Wildman–Crippen MR) is 127 cm³/mol. The first-order valence-electron chi connectivity index (χ1n) is 11.3. The summed E-state index contributed by atoms with van der Waals surface area (Å²) in [6.07, 6.45) is 3.70. The monoisotopic (exact) mass is 469 g/mol. The molecule has 35 heavy (non-hydrogen) atoms. The van der Waals surface area contributed by atoms with Gasteiger partial charge in [0.2, 0.25) is 0 Å². The average molecular weight is 469 g/mol. The maximum atomic E-state index is 13.0. The molecule has 8 nitrogen and oxygen atoms in total. The molecule has 2 amide bonds. The van der Waals surface area contributed by atoms with Crippen LogP contribution in [0.25, 0.3) is 5.65 Å². The normalized spacial score (nSPS) is 12.8. The molecule has 2 aromatic carbocycles. The summed E-state index contributed by atoms with van der Waals surface area (Å²) in [5.41, 5.74) is 4.03. The van der Waals surface area contributed by atoms with E-state index < -0.39 is 5.97 Å². The number of hydrogen-bond donors (Lipinski definition) is 0. The molecule has 0 unspecified atom stereocenters. The first-order chi connectivity index (χ1) is 17.0. The molecule has 4 aromatic rings. The van der Waals surface area contributed by atoms with Crippen molar-refractivity contribution in [2.45, 2.75) is 27.0 Å². The van der Waals surface area contributed by atoms with Crippen molar-refractivity contribution in [1.82, 2.24) is 14.3 Å². The second kappa shape index (κ2) is 9.06. The summed E-state index contributed by atoms with van der Waals surface area (Å²) in [5.74, 6) is -0.919. The number of aryl methyl sites for hydroxylation is 1. The number of hydrogen-bond acceptors (Lipinski definition) is 6. The molecule has 0 saturated carbocycles. The number of aromatic nitrogens is 2. The van der Waals surface area contributed by atoms with Gasteiger partial charge >= 0.3 is 5.97 Å². The number of benzene rings is 2. The van der Waals surface area contributed by atoms with Gasteiger partial charge in [-0.1, -0.05) is 24.3 Å². The summed E-state index contributed by atoms with van der Waals surface area (Å²) in [5, 5.41) is 0. The van der Waals surface area contributed by atoms with Crippen molar-refractivity contribution in [1.29, 1.82) is 0 Å². The molecular weight excluding hydrogens is 446 g/mol. The zero-order valence-corrected chi connectivity index (χ0v) is 19.4. The van der Waals surface area contributed by atoms with Gasteiger partial charge in [-0.05, 0) is 55.3 Å². The molecule has 3 heterocycles. The molecule has 0 N–H and O–H groups in total. The van der Waals surface area contributed by atoms with Gasteiger partial charge in [0, 0.05) is 12.4 Å². The van der Waals surface area contributed by atoms with Crippen LogP contribution in [0.1, 0.15) is 54.8 Å². The smallest absolute Gasteiger partial charge is 0.342 e. The number of imide groups is 1. The Morgan fingerprint density at radius 3 is 2.43 bits per heavy atom. The van der Waals surface area contributed by atoms with E-state index in [0.717, 1.165) is 11.2 Å². The van der Waals surface area contributed by atoms with Crippen molar-refractivity contribution in [3.8, 4) is 5.75 Å². The van der Waals surface area contributed by atoms with Crippen LogP contribution in [0.5, 0.6) is 5.75 Å². The Morgan fingerprint density at radius 1 is 1.00 bits per heavy atom. The Bertz CT molecular complexity index is 1440. The maximum absolute atomic E-state index is 13.0. The van der Waals surface area contributed by atoms with Crippen molar-refractivity contribution in [3.05, 3.63) is 101 Å². The summed E-state index contributed by atoms with van der Waals surface area (Å²) in [6.45, 7) is 4.18. The molecule has 2 aromatic heterocycles. The molecule has 1 aliphatic rings. The van der Waals surface area contributed by atoms with Crippen LogP contribution < -0.4 is 4.74 Å². The summed E-state index contributed by atoms with van der Waals surface area (Å²) in [4.78, 5) is 44.2. The number of carbonyl (C=O) groups excluding carboxylic acids is 3. The molecule has 8 heteroatoms. The molecule has 0 spiro atoms. The molecule has 0 bridgehead atoms. The van der Waals surface area contributed by atoms with E-state index in [0.29, 0.717) is 34.7 Å². The maximum Gasteiger partial charge on any atom is 0.342 e. The van der Waals surface area contributed by atoms with Gasteiger partial charge in [0.15, 0.2) is 0 Å². The lowest BCUT2D eigenvalue weighted by atomic mass is 10.1. The highest BCUT2D eigenvalue weighted by Crippen LogP contribution is 2.27. The molecule has 0 atom stereocenters. The van der Waals surface area contributed by atoms with Crippen molar-refractivity contribution in [2.75, 3.05) is 6.61 Å². The van der Waals surface area contributed by atoms with Gasteiger partial charge in [0.25, 0.3) is 11.8 Å². The fourth-order valence-corrected chi connectivity index (χ4v) is 4.17. The number of fused-ring (bicyclic) bond motifs is 2. The third kappa shape index (κ3) is 4.14. The fraction of sp³-hybridized carbons (Fsp3) is 0.185. The number of rotatable bonds is 7. The van der Waals surface area contributed by atoms with Crippen LogP contribution in [0.4, 0.5) is 0 Å². The van der Waals surface area contributed by atoms with Gasteiger partial charge in [-0.3, -0.25) is 14.5 Å². The van der Waals surface area contributed by atoms with Crippen LogP contribution in [-0.4, -0.2) is 38.7 Å². The molecule has 0 aliphatic carbocycles. The summed E-state index contributed by atoms with van der Waals surface area (Å²) in [7, 11) is 0. The second-order valence-electron chi connectivity index (χ2n) is 8.24. The second-order valence-corrected chi connectivity index (χ2v) is 8.24. The average Bonchev–Trinajstić information content (AvgIpc) is 3.39. The number of esters is 1. The molecule has 0 fully saturated rings. The largest absolute Gasteiger partial charge is 0.493 e. The Morgan fingerprint density at radius 2 is 1.74 bits per heavy atom. The lowest BCUT2D eigenvalue weighted by Gasteiger charge is -2.16. The minimum Gasteiger partial charge on any atom is -0.493 e. The van der Waals surface area contributed by atoms with Crippen LogP contribution >= 0.6 is 0 Å². The third-order valence-corrected chi connectivity index (χ3v) is 5.86. The minimum absolute atomic E-state index is 0.00580. The minimum atomic E-state index is -0.577. The molecule has 0 saturated heterocycles. The van der Waals surface area contributed by atoms with E-state index in [9.17, 15) is 14.4 Å². The SMILES string of the molecule is CCOc1ccc(CN2C(=O)c3ccccc3C2=O)cc1C(=O)OCc1cn2cccc(C)c2n1. The summed E-state index contributed by atoms with van der Waals surface area (Å²) in [6, 6.07) is 15.6. The summed E-state index contributed by atoms with van der Waals surface area (Å²) < 4.78 is 13.1. The highest BCUT2D eigenvalue weighted by atomic mass is 16.5. The zero-order chi connectivity index (χ0) is 24.5. The Labute approximate surface area is 201 Å². The molecule has 0 radical (unpaired) electrons. The number of pyridine rings is 1. The van der Waals surface area contributed by atoms with E-state index in [2.05, 4.69) is 4.98 Å². The van der Waals surface area contributed by atoms with Gasteiger partial charge in [0.05, 0.1) is 30.0 Å². The van der Waals surface area contributed by atoms with Crippen LogP contribution in [0.2, 0.25) is 0 Å². The van der Waals surface area contributed by atoms with E-state index in [1.54, 1.807) is 42.5 Å². The Balaban J connectivity index is 1.36. The first-order valence-corrected chi connectivity index (χ1v) is 11.3. The van der Waals surface area contributed by atoms with E-state index in [1.165, 1.54) is 4.90 Å². The third-order valence-electron chi connectivity index (χ3n) is 5.86. The van der Waals surface area contributed by atoms with Crippen molar-refractivity contribution < 1.29 is 23.9 Å². The fourth-order valence-electron chi connectivity index (χ4n) is 4.17. The molecule has 5 rings (SSSR count). The standard InChI is InChI=1S/C27H23N3O5/c1-3-34-23-11-10-18(14-30-25(31)20-8-4-5-9-21(20)26(30)32)13-22(23)27(33)35-16-19-15-29-12-6-7-17(2)24(29)28-19/h4-13,15H,3,14,16H2,1-2H3. The van der Waals surface area contributed by atoms with E-state index >= 15 is 0 Å². The Hall–Kier alpha value is -4.46. The van der Waals surface area contributed by atoms with E-state index in [-0.39, 0.29) is 30.5 Å². The van der Waals surface area contributed by atoms with Crippen molar-refractivity contribution >= 4 is 23.4 Å². The van der Waals surface area contributed by atoms with Crippen LogP contribution in [0.3, 0.4) is 0 Å².